The molecule has 0 bridgehead atoms. The SMILES string of the molecule is CN(C)S(=O)(=O)N1CCC[C@H](n2c(=O)n(C)c3ccc(-c4cnn5ccccc45)nc32)C1. The van der Waals surface area contributed by atoms with Gasteiger partial charge in [-0.3, -0.25) is 9.13 Å². The van der Waals surface area contributed by atoms with Crippen LogP contribution >= 0.6 is 0 Å². The van der Waals surface area contributed by atoms with Gasteiger partial charge in [-0.05, 0) is 37.1 Å². The first kappa shape index (κ1) is 20.9. The van der Waals surface area contributed by atoms with E-state index in [-0.39, 0.29) is 18.3 Å². The highest BCUT2D eigenvalue weighted by Gasteiger charge is 2.33. The predicted molar refractivity (Wildman–Crippen MR) is 122 cm³/mol. The molecule has 4 aromatic heterocycles. The molecule has 0 aromatic carbocycles. The van der Waals surface area contributed by atoms with Crippen LogP contribution < -0.4 is 5.69 Å². The lowest BCUT2D eigenvalue weighted by atomic mass is 10.1. The lowest BCUT2D eigenvalue weighted by molar-refractivity contribution is 0.255. The zero-order valence-electron chi connectivity index (χ0n) is 18.2. The lowest BCUT2D eigenvalue weighted by Gasteiger charge is -2.33. The summed E-state index contributed by atoms with van der Waals surface area (Å²) >= 11 is 0. The quantitative estimate of drug-likeness (QED) is 0.464. The average molecular weight is 456 g/mol. The third-order valence-corrected chi connectivity index (χ3v) is 8.06. The first-order valence-electron chi connectivity index (χ1n) is 10.5. The minimum atomic E-state index is -3.56. The van der Waals surface area contributed by atoms with E-state index in [1.54, 1.807) is 26.9 Å². The first-order valence-corrected chi connectivity index (χ1v) is 11.9. The molecule has 0 N–H and O–H groups in total. The second-order valence-electron chi connectivity index (χ2n) is 8.28. The summed E-state index contributed by atoms with van der Waals surface area (Å²) in [6.45, 7) is 0.680. The van der Waals surface area contributed by atoms with E-state index in [4.69, 9.17) is 4.98 Å². The van der Waals surface area contributed by atoms with Crippen molar-refractivity contribution in [3.8, 4) is 11.3 Å². The van der Waals surface area contributed by atoms with E-state index in [0.717, 1.165) is 11.1 Å². The summed E-state index contributed by atoms with van der Waals surface area (Å²) in [5.41, 5.74) is 3.58. The number of aromatic nitrogens is 5. The Bertz CT molecular complexity index is 1480. The normalized spacial score (nSPS) is 18.2. The van der Waals surface area contributed by atoms with Crippen molar-refractivity contribution in [1.82, 2.24) is 32.3 Å². The van der Waals surface area contributed by atoms with Gasteiger partial charge in [-0.25, -0.2) is 14.3 Å². The van der Waals surface area contributed by atoms with Gasteiger partial charge in [-0.2, -0.15) is 22.1 Å². The van der Waals surface area contributed by atoms with Crippen LogP contribution in [-0.4, -0.2) is 67.9 Å². The molecule has 0 saturated carbocycles. The van der Waals surface area contributed by atoms with E-state index in [0.29, 0.717) is 36.2 Å². The number of rotatable bonds is 4. The Labute approximate surface area is 185 Å². The Morgan fingerprint density at radius 1 is 1.12 bits per heavy atom. The molecule has 4 aromatic rings. The van der Waals surface area contributed by atoms with E-state index < -0.39 is 10.2 Å². The van der Waals surface area contributed by atoms with E-state index in [1.165, 1.54) is 22.7 Å². The fourth-order valence-electron chi connectivity index (χ4n) is 4.42. The van der Waals surface area contributed by atoms with Crippen LogP contribution in [0, 0.1) is 0 Å². The van der Waals surface area contributed by atoms with Gasteiger partial charge in [0.2, 0.25) is 0 Å². The number of pyridine rings is 2. The van der Waals surface area contributed by atoms with Crippen LogP contribution in [0.3, 0.4) is 0 Å². The molecule has 32 heavy (non-hydrogen) atoms. The molecule has 10 nitrogen and oxygen atoms in total. The molecular weight excluding hydrogens is 430 g/mol. The molecule has 0 spiro atoms. The smallest absolute Gasteiger partial charge is 0.293 e. The molecule has 1 aliphatic rings. The van der Waals surface area contributed by atoms with Crippen molar-refractivity contribution in [2.24, 2.45) is 7.05 Å². The summed E-state index contributed by atoms with van der Waals surface area (Å²) in [5.74, 6) is 0. The van der Waals surface area contributed by atoms with Crippen LogP contribution in [0.4, 0.5) is 0 Å². The minimum absolute atomic E-state index is 0.196. The fourth-order valence-corrected chi connectivity index (χ4v) is 5.60. The summed E-state index contributed by atoms with van der Waals surface area (Å²) in [6.07, 6.45) is 5.02. The number of hydrogen-bond acceptors (Lipinski definition) is 5. The van der Waals surface area contributed by atoms with Crippen LogP contribution in [0.5, 0.6) is 0 Å². The van der Waals surface area contributed by atoms with Gasteiger partial charge in [0.25, 0.3) is 10.2 Å². The molecule has 0 amide bonds. The topological polar surface area (TPSA) is 97.7 Å². The van der Waals surface area contributed by atoms with E-state index in [1.807, 2.05) is 36.5 Å². The van der Waals surface area contributed by atoms with Crippen molar-refractivity contribution in [1.29, 1.82) is 0 Å². The van der Waals surface area contributed by atoms with Crippen molar-refractivity contribution in [3.05, 3.63) is 53.2 Å². The Balaban J connectivity index is 1.63. The van der Waals surface area contributed by atoms with Crippen LogP contribution in [-0.2, 0) is 17.3 Å². The van der Waals surface area contributed by atoms with Gasteiger partial charge < -0.3 is 0 Å². The molecule has 5 rings (SSSR count). The third-order valence-electron chi connectivity index (χ3n) is 6.15. The van der Waals surface area contributed by atoms with Crippen LogP contribution in [0.15, 0.2) is 47.5 Å². The lowest BCUT2D eigenvalue weighted by Crippen LogP contribution is -2.47. The van der Waals surface area contributed by atoms with Gasteiger partial charge in [0.15, 0.2) is 5.65 Å². The van der Waals surface area contributed by atoms with E-state index >= 15 is 0 Å². The Kier molecular flexibility index (Phi) is 4.91. The number of piperidine rings is 1. The molecular formula is C21H25N7O3S. The summed E-state index contributed by atoms with van der Waals surface area (Å²) in [7, 11) is 1.20. The number of aryl methyl sites for hydroxylation is 1. The maximum Gasteiger partial charge on any atom is 0.330 e. The second-order valence-corrected chi connectivity index (χ2v) is 10.4. The molecule has 1 fully saturated rings. The van der Waals surface area contributed by atoms with Crippen molar-refractivity contribution in [2.45, 2.75) is 18.9 Å². The summed E-state index contributed by atoms with van der Waals surface area (Å²) in [4.78, 5) is 18.0. The minimum Gasteiger partial charge on any atom is -0.293 e. The van der Waals surface area contributed by atoms with Gasteiger partial charge >= 0.3 is 5.69 Å². The fraction of sp³-hybridized carbons (Fsp3) is 0.381. The highest BCUT2D eigenvalue weighted by molar-refractivity contribution is 7.86. The number of imidazole rings is 1. The standard InChI is InChI=1S/C21H25N7O3S/c1-24(2)32(30,31)26-11-6-7-15(14-26)28-20-19(25(3)21(28)29)10-9-17(23-20)16-13-22-27-12-5-4-8-18(16)27/h4-5,8-10,12-13,15H,6-7,11,14H2,1-3H3/t15-/m0/s1. The highest BCUT2D eigenvalue weighted by Crippen LogP contribution is 2.29. The molecule has 1 atom stereocenters. The third kappa shape index (κ3) is 3.15. The molecule has 5 heterocycles. The zero-order valence-corrected chi connectivity index (χ0v) is 19.0. The first-order chi connectivity index (χ1) is 15.3. The van der Waals surface area contributed by atoms with Crippen molar-refractivity contribution in [2.75, 3.05) is 27.2 Å². The molecule has 11 heteroatoms. The summed E-state index contributed by atoms with van der Waals surface area (Å²) in [6, 6.07) is 9.31. The zero-order chi connectivity index (χ0) is 22.6. The monoisotopic (exact) mass is 455 g/mol. The Morgan fingerprint density at radius 2 is 1.94 bits per heavy atom. The second kappa shape index (κ2) is 7.54. The van der Waals surface area contributed by atoms with Gasteiger partial charge in [0.1, 0.15) is 0 Å². The molecule has 168 valence electrons. The van der Waals surface area contributed by atoms with Gasteiger partial charge in [0.05, 0.1) is 29.0 Å². The predicted octanol–water partition coefficient (Wildman–Crippen LogP) is 1.49. The van der Waals surface area contributed by atoms with Crippen molar-refractivity contribution < 1.29 is 8.42 Å². The number of nitrogens with zero attached hydrogens (tertiary/aromatic N) is 7. The van der Waals surface area contributed by atoms with Gasteiger partial charge in [0, 0.05) is 46.0 Å². The molecule has 0 aliphatic carbocycles. The van der Waals surface area contributed by atoms with Crippen LogP contribution in [0.25, 0.3) is 27.9 Å². The maximum atomic E-state index is 13.2. The van der Waals surface area contributed by atoms with Gasteiger partial charge in [-0.1, -0.05) is 6.07 Å². The molecule has 1 aliphatic heterocycles. The average Bonchev–Trinajstić information content (AvgIpc) is 3.32. The van der Waals surface area contributed by atoms with E-state index in [9.17, 15) is 13.2 Å². The summed E-state index contributed by atoms with van der Waals surface area (Å²) in [5, 5.41) is 4.39. The van der Waals surface area contributed by atoms with E-state index in [2.05, 4.69) is 5.10 Å². The van der Waals surface area contributed by atoms with Crippen LogP contribution in [0.1, 0.15) is 18.9 Å². The van der Waals surface area contributed by atoms with Crippen molar-refractivity contribution in [3.63, 3.8) is 0 Å². The number of fused-ring (bicyclic) bond motifs is 2. The number of hydrogen-bond donors (Lipinski definition) is 0. The summed E-state index contributed by atoms with van der Waals surface area (Å²) < 4.78 is 33.0. The van der Waals surface area contributed by atoms with Crippen LogP contribution in [0.2, 0.25) is 0 Å². The maximum absolute atomic E-state index is 13.2. The van der Waals surface area contributed by atoms with Crippen molar-refractivity contribution >= 4 is 26.9 Å². The van der Waals surface area contributed by atoms with Gasteiger partial charge in [-0.15, -0.1) is 0 Å². The molecule has 0 unspecified atom stereocenters. The molecule has 1 saturated heterocycles. The Hall–Kier alpha value is -3.02. The largest absolute Gasteiger partial charge is 0.330 e. The highest BCUT2D eigenvalue weighted by atomic mass is 32.2. The Morgan fingerprint density at radius 3 is 2.72 bits per heavy atom. The molecule has 0 radical (unpaired) electrons.